The zero-order chi connectivity index (χ0) is 20.8. The van der Waals surface area contributed by atoms with Crippen LogP contribution in [0.2, 0.25) is 0 Å². The third kappa shape index (κ3) is 3.62. The highest BCUT2D eigenvalue weighted by atomic mass is 16.2. The minimum absolute atomic E-state index is 0.0198. The SMILES string of the molecule is Cn1cc([C@H]2[C@H](CNC(=O)c3ccn4cncc4c3)CC(=O)N2C(C)(C)C)cn1. The summed E-state index contributed by atoms with van der Waals surface area (Å²) in [7, 11) is 1.87. The molecule has 1 fully saturated rings. The molecule has 0 radical (unpaired) electrons. The van der Waals surface area contributed by atoms with Crippen molar-refractivity contribution >= 4 is 17.3 Å². The van der Waals surface area contributed by atoms with Crippen molar-refractivity contribution in [3.63, 3.8) is 0 Å². The smallest absolute Gasteiger partial charge is 0.251 e. The molecule has 3 aromatic heterocycles. The number of pyridine rings is 1. The predicted molar refractivity (Wildman–Crippen MR) is 108 cm³/mol. The highest BCUT2D eigenvalue weighted by Crippen LogP contribution is 2.42. The topological polar surface area (TPSA) is 84.5 Å². The van der Waals surface area contributed by atoms with Crippen molar-refractivity contribution in [3.05, 3.63) is 54.4 Å². The quantitative estimate of drug-likeness (QED) is 0.735. The average molecular weight is 394 g/mol. The van der Waals surface area contributed by atoms with Crippen LogP contribution in [0.1, 0.15) is 49.2 Å². The Hall–Kier alpha value is -3.16. The number of aromatic nitrogens is 4. The summed E-state index contributed by atoms with van der Waals surface area (Å²) in [5.74, 6) is -0.0693. The lowest BCUT2D eigenvalue weighted by atomic mass is 9.93. The lowest BCUT2D eigenvalue weighted by molar-refractivity contribution is -0.133. The summed E-state index contributed by atoms with van der Waals surface area (Å²) in [6.07, 6.45) is 9.39. The number of likely N-dealkylation sites (tertiary alicyclic amines) is 1. The molecule has 0 aromatic carbocycles. The van der Waals surface area contributed by atoms with Crippen LogP contribution in [0.4, 0.5) is 0 Å². The molecule has 1 N–H and O–H groups in total. The van der Waals surface area contributed by atoms with Crippen LogP contribution in [0, 0.1) is 5.92 Å². The minimum atomic E-state index is -0.316. The highest BCUT2D eigenvalue weighted by molar-refractivity contribution is 5.95. The van der Waals surface area contributed by atoms with Gasteiger partial charge in [0.15, 0.2) is 0 Å². The van der Waals surface area contributed by atoms with Crippen LogP contribution in [0.15, 0.2) is 43.2 Å². The number of fused-ring (bicyclic) bond motifs is 1. The largest absolute Gasteiger partial charge is 0.352 e. The molecule has 2 atom stereocenters. The predicted octanol–water partition coefficient (Wildman–Crippen LogP) is 2.19. The van der Waals surface area contributed by atoms with Gasteiger partial charge in [0.2, 0.25) is 5.91 Å². The molecular weight excluding hydrogens is 368 g/mol. The number of hydrogen-bond acceptors (Lipinski definition) is 4. The number of amides is 2. The highest BCUT2D eigenvalue weighted by Gasteiger charge is 2.45. The fourth-order valence-corrected chi connectivity index (χ4v) is 4.18. The zero-order valence-corrected chi connectivity index (χ0v) is 17.2. The Labute approximate surface area is 169 Å². The van der Waals surface area contributed by atoms with E-state index in [1.807, 2.05) is 61.8 Å². The van der Waals surface area contributed by atoms with Gasteiger partial charge in [0, 0.05) is 55.0 Å². The van der Waals surface area contributed by atoms with E-state index in [4.69, 9.17) is 0 Å². The first-order valence-corrected chi connectivity index (χ1v) is 9.74. The first kappa shape index (κ1) is 19.2. The number of carbonyl (C=O) groups is 2. The first-order valence-electron chi connectivity index (χ1n) is 9.74. The normalized spacial score (nSPS) is 19.9. The summed E-state index contributed by atoms with van der Waals surface area (Å²) in [6.45, 7) is 6.53. The van der Waals surface area contributed by atoms with Gasteiger partial charge in [-0.15, -0.1) is 0 Å². The summed E-state index contributed by atoms with van der Waals surface area (Å²) in [5, 5.41) is 7.31. The molecule has 152 valence electrons. The third-order valence-corrected chi connectivity index (χ3v) is 5.42. The second-order valence-corrected chi connectivity index (χ2v) is 8.64. The second kappa shape index (κ2) is 7.02. The summed E-state index contributed by atoms with van der Waals surface area (Å²) >= 11 is 0. The van der Waals surface area contributed by atoms with E-state index in [0.717, 1.165) is 11.1 Å². The molecule has 1 aliphatic rings. The average Bonchev–Trinajstić information content (AvgIpc) is 3.36. The van der Waals surface area contributed by atoms with Crippen molar-refractivity contribution < 1.29 is 9.59 Å². The van der Waals surface area contributed by atoms with Crippen molar-refractivity contribution in [2.24, 2.45) is 13.0 Å². The van der Waals surface area contributed by atoms with E-state index in [1.54, 1.807) is 23.3 Å². The number of aryl methyl sites for hydroxylation is 1. The van der Waals surface area contributed by atoms with Gasteiger partial charge >= 0.3 is 0 Å². The van der Waals surface area contributed by atoms with Gasteiger partial charge in [-0.25, -0.2) is 4.98 Å². The van der Waals surface area contributed by atoms with Gasteiger partial charge in [0.05, 0.1) is 30.3 Å². The number of nitrogens with zero attached hydrogens (tertiary/aromatic N) is 5. The molecule has 8 nitrogen and oxygen atoms in total. The number of imidazole rings is 1. The van der Waals surface area contributed by atoms with Crippen molar-refractivity contribution in [1.29, 1.82) is 0 Å². The molecule has 4 heterocycles. The lowest BCUT2D eigenvalue weighted by Gasteiger charge is -2.38. The second-order valence-electron chi connectivity index (χ2n) is 8.64. The fraction of sp³-hybridized carbons (Fsp3) is 0.429. The molecule has 0 unspecified atom stereocenters. The summed E-state index contributed by atoms with van der Waals surface area (Å²) < 4.78 is 3.60. The van der Waals surface area contributed by atoms with E-state index in [1.165, 1.54) is 0 Å². The Morgan fingerprint density at radius 2 is 2.10 bits per heavy atom. The van der Waals surface area contributed by atoms with Gasteiger partial charge in [-0.3, -0.25) is 14.3 Å². The number of hydrogen-bond donors (Lipinski definition) is 1. The molecular formula is C21H26N6O2. The number of rotatable bonds is 4. The molecule has 1 aliphatic heterocycles. The summed E-state index contributed by atoms with van der Waals surface area (Å²) in [5.41, 5.74) is 2.12. The van der Waals surface area contributed by atoms with Crippen molar-refractivity contribution in [3.8, 4) is 0 Å². The molecule has 0 aliphatic carbocycles. The van der Waals surface area contributed by atoms with Crippen LogP contribution in [-0.4, -0.2) is 48.0 Å². The Morgan fingerprint density at radius 3 is 2.79 bits per heavy atom. The molecule has 0 saturated carbocycles. The van der Waals surface area contributed by atoms with E-state index in [9.17, 15) is 9.59 Å². The van der Waals surface area contributed by atoms with Crippen LogP contribution >= 0.6 is 0 Å². The summed E-state index contributed by atoms with van der Waals surface area (Å²) in [6, 6.07) is 3.46. The monoisotopic (exact) mass is 394 g/mol. The van der Waals surface area contributed by atoms with E-state index in [-0.39, 0.29) is 29.3 Å². The van der Waals surface area contributed by atoms with E-state index >= 15 is 0 Å². The van der Waals surface area contributed by atoms with Gasteiger partial charge in [-0.1, -0.05) is 0 Å². The van der Waals surface area contributed by atoms with Crippen molar-refractivity contribution in [1.82, 2.24) is 29.4 Å². The summed E-state index contributed by atoms with van der Waals surface area (Å²) in [4.78, 5) is 31.6. The van der Waals surface area contributed by atoms with Crippen LogP contribution in [0.25, 0.3) is 5.52 Å². The maximum absolute atomic E-state index is 12.8. The Kier molecular flexibility index (Phi) is 4.64. The molecule has 0 bridgehead atoms. The molecule has 3 aromatic rings. The zero-order valence-electron chi connectivity index (χ0n) is 17.2. The molecule has 8 heteroatoms. The molecule has 1 saturated heterocycles. The van der Waals surface area contributed by atoms with Crippen LogP contribution in [-0.2, 0) is 11.8 Å². The standard InChI is InChI=1S/C21H26N6O2/c1-21(2,3)27-18(28)8-15(19(27)16-10-24-25(4)12-16)9-23-20(29)14-5-6-26-13-22-11-17(26)7-14/h5-7,10-13,15,19H,8-9H2,1-4H3,(H,23,29)/t15-,19+/m0/s1. The van der Waals surface area contributed by atoms with Gasteiger partial charge in [0.25, 0.3) is 5.91 Å². The first-order chi connectivity index (χ1) is 13.7. The van der Waals surface area contributed by atoms with E-state index < -0.39 is 0 Å². The molecule has 4 rings (SSSR count). The van der Waals surface area contributed by atoms with Crippen LogP contribution in [0.5, 0.6) is 0 Å². The van der Waals surface area contributed by atoms with Crippen molar-refractivity contribution in [2.75, 3.05) is 6.54 Å². The van der Waals surface area contributed by atoms with Crippen LogP contribution in [0.3, 0.4) is 0 Å². The maximum Gasteiger partial charge on any atom is 0.251 e. The number of carbonyl (C=O) groups excluding carboxylic acids is 2. The molecule has 0 spiro atoms. The van der Waals surface area contributed by atoms with Gasteiger partial charge in [-0.05, 0) is 32.9 Å². The van der Waals surface area contributed by atoms with Gasteiger partial charge in [-0.2, -0.15) is 5.10 Å². The molecule has 2 amide bonds. The Balaban J connectivity index is 1.54. The van der Waals surface area contributed by atoms with Crippen LogP contribution < -0.4 is 5.32 Å². The Bertz CT molecular complexity index is 1060. The Morgan fingerprint density at radius 1 is 1.31 bits per heavy atom. The minimum Gasteiger partial charge on any atom is -0.352 e. The maximum atomic E-state index is 12.8. The van der Waals surface area contributed by atoms with E-state index in [0.29, 0.717) is 18.5 Å². The van der Waals surface area contributed by atoms with Gasteiger partial charge < -0.3 is 14.6 Å². The van der Waals surface area contributed by atoms with Gasteiger partial charge in [0.1, 0.15) is 0 Å². The molecule has 29 heavy (non-hydrogen) atoms. The third-order valence-electron chi connectivity index (χ3n) is 5.42. The van der Waals surface area contributed by atoms with Crippen molar-refractivity contribution in [2.45, 2.75) is 38.8 Å². The lowest BCUT2D eigenvalue weighted by Crippen LogP contribution is -2.44. The fourth-order valence-electron chi connectivity index (χ4n) is 4.18. The van der Waals surface area contributed by atoms with E-state index in [2.05, 4.69) is 15.4 Å². The number of nitrogens with one attached hydrogen (secondary N) is 1.